The highest BCUT2D eigenvalue weighted by atomic mass is 16.6. The predicted octanol–water partition coefficient (Wildman–Crippen LogP) is 7.01. The normalized spacial score (nSPS) is 17.9. The van der Waals surface area contributed by atoms with Crippen LogP contribution in [0.2, 0.25) is 0 Å². The third-order valence-corrected chi connectivity index (χ3v) is 8.82. The molecule has 3 heterocycles. The Morgan fingerprint density at radius 2 is 1.64 bits per heavy atom. The van der Waals surface area contributed by atoms with E-state index in [1.807, 2.05) is 44.1 Å². The zero-order valence-electron chi connectivity index (χ0n) is 26.8. The van der Waals surface area contributed by atoms with Crippen LogP contribution in [0.1, 0.15) is 78.7 Å². The van der Waals surface area contributed by atoms with Crippen molar-refractivity contribution < 1.29 is 9.53 Å². The summed E-state index contributed by atoms with van der Waals surface area (Å²) in [5.41, 5.74) is 8.16. The van der Waals surface area contributed by atoms with Gasteiger partial charge in [-0.3, -0.25) is 19.8 Å². The Bertz CT molecular complexity index is 1570. The lowest BCUT2D eigenvalue weighted by Gasteiger charge is -2.42. The molecule has 45 heavy (non-hydrogen) atoms. The topological polar surface area (TPSA) is 70.6 Å². The first-order valence-electron chi connectivity index (χ1n) is 16.2. The van der Waals surface area contributed by atoms with Crippen molar-refractivity contribution in [1.29, 1.82) is 0 Å². The van der Waals surface area contributed by atoms with Crippen molar-refractivity contribution in [2.24, 2.45) is 0 Å². The standard InChI is InChI=1S/C38H45N5O2/c1-38(2,3)45-37(44)43-26-33-11-5-4-10-32(33)21-34(43)27-42(35-14-6-12-31-13-8-20-41-36(31)35)25-29-17-15-28(16-18-29)22-40-24-30-9-7-19-39-23-30/h4-5,7-11,13,15-20,23,34-35,40H,6,12,14,21-22,24-27H2,1-3H3/t34-,35+/m1/s1. The molecule has 1 aliphatic heterocycles. The highest BCUT2D eigenvalue weighted by molar-refractivity contribution is 5.69. The van der Waals surface area contributed by atoms with Gasteiger partial charge in [0.1, 0.15) is 5.60 Å². The second-order valence-electron chi connectivity index (χ2n) is 13.4. The minimum absolute atomic E-state index is 0.0141. The van der Waals surface area contributed by atoms with Crippen LogP contribution in [0.3, 0.4) is 0 Å². The zero-order valence-corrected chi connectivity index (χ0v) is 26.8. The number of benzene rings is 2. The fraction of sp³-hybridized carbons (Fsp3) is 0.395. The molecule has 0 spiro atoms. The average molecular weight is 604 g/mol. The number of nitrogens with zero attached hydrogens (tertiary/aromatic N) is 4. The smallest absolute Gasteiger partial charge is 0.410 e. The largest absolute Gasteiger partial charge is 0.444 e. The molecule has 2 aliphatic rings. The van der Waals surface area contributed by atoms with Crippen molar-refractivity contribution in [2.45, 2.75) is 90.3 Å². The molecule has 0 saturated heterocycles. The third-order valence-electron chi connectivity index (χ3n) is 8.82. The lowest BCUT2D eigenvalue weighted by atomic mass is 9.89. The minimum Gasteiger partial charge on any atom is -0.444 e. The maximum Gasteiger partial charge on any atom is 0.410 e. The number of carbonyl (C=O) groups is 1. The number of amides is 1. The maximum absolute atomic E-state index is 13.6. The van der Waals surface area contributed by atoms with Crippen molar-refractivity contribution in [3.63, 3.8) is 0 Å². The van der Waals surface area contributed by atoms with Crippen LogP contribution in [-0.4, -0.2) is 44.0 Å². The first-order chi connectivity index (χ1) is 21.8. The van der Waals surface area contributed by atoms with E-state index in [0.717, 1.165) is 51.9 Å². The Labute approximate surface area is 267 Å². The molecule has 234 valence electrons. The van der Waals surface area contributed by atoms with Crippen LogP contribution >= 0.6 is 0 Å². The van der Waals surface area contributed by atoms with Gasteiger partial charge >= 0.3 is 6.09 Å². The molecule has 4 aromatic rings. The van der Waals surface area contributed by atoms with Gasteiger partial charge in [-0.2, -0.15) is 0 Å². The number of aromatic nitrogens is 2. The number of hydrogen-bond acceptors (Lipinski definition) is 6. The number of pyridine rings is 2. The first kappa shape index (κ1) is 30.9. The molecule has 0 bridgehead atoms. The molecule has 7 heteroatoms. The van der Waals surface area contributed by atoms with E-state index < -0.39 is 5.60 Å². The van der Waals surface area contributed by atoms with Crippen molar-refractivity contribution in [2.75, 3.05) is 6.54 Å². The van der Waals surface area contributed by atoms with Gasteiger partial charge in [0.15, 0.2) is 0 Å². The summed E-state index contributed by atoms with van der Waals surface area (Å²) in [6.45, 7) is 9.48. The molecule has 2 aromatic carbocycles. The minimum atomic E-state index is -0.556. The van der Waals surface area contributed by atoms with Crippen LogP contribution in [0, 0.1) is 0 Å². The maximum atomic E-state index is 13.6. The number of hydrogen-bond donors (Lipinski definition) is 1. The summed E-state index contributed by atoms with van der Waals surface area (Å²) in [5.74, 6) is 0. The van der Waals surface area contributed by atoms with Crippen molar-refractivity contribution in [3.8, 4) is 0 Å². The molecule has 0 unspecified atom stereocenters. The highest BCUT2D eigenvalue weighted by Gasteiger charge is 2.36. The number of ether oxygens (including phenoxy) is 1. The van der Waals surface area contributed by atoms with E-state index in [0.29, 0.717) is 6.54 Å². The molecule has 0 radical (unpaired) electrons. The van der Waals surface area contributed by atoms with Crippen LogP contribution in [0.4, 0.5) is 4.79 Å². The summed E-state index contributed by atoms with van der Waals surface area (Å²) < 4.78 is 5.94. The Balaban J connectivity index is 1.24. The molecule has 6 rings (SSSR count). The lowest BCUT2D eigenvalue weighted by Crippen LogP contribution is -2.52. The van der Waals surface area contributed by atoms with Crippen LogP contribution in [0.25, 0.3) is 0 Å². The Kier molecular flexibility index (Phi) is 9.57. The molecule has 7 nitrogen and oxygen atoms in total. The van der Waals surface area contributed by atoms with Gasteiger partial charge in [0, 0.05) is 51.3 Å². The number of aryl methyl sites for hydroxylation is 1. The van der Waals surface area contributed by atoms with Gasteiger partial charge in [-0.05, 0) is 92.0 Å². The van der Waals surface area contributed by atoms with E-state index in [2.05, 4.69) is 81.9 Å². The highest BCUT2D eigenvalue weighted by Crippen LogP contribution is 2.35. The number of fused-ring (bicyclic) bond motifs is 2. The van der Waals surface area contributed by atoms with Gasteiger partial charge in [0.05, 0.1) is 17.8 Å². The molecule has 0 fully saturated rings. The molecule has 2 aromatic heterocycles. The van der Waals surface area contributed by atoms with E-state index in [4.69, 9.17) is 9.72 Å². The summed E-state index contributed by atoms with van der Waals surface area (Å²) in [6, 6.07) is 25.9. The van der Waals surface area contributed by atoms with Gasteiger partial charge < -0.3 is 10.1 Å². The van der Waals surface area contributed by atoms with Gasteiger partial charge in [-0.15, -0.1) is 0 Å². The molecule has 2 atom stereocenters. The fourth-order valence-corrected chi connectivity index (χ4v) is 6.65. The van der Waals surface area contributed by atoms with Crippen LogP contribution in [0.15, 0.2) is 91.4 Å². The van der Waals surface area contributed by atoms with Gasteiger partial charge in [0.2, 0.25) is 0 Å². The second-order valence-corrected chi connectivity index (χ2v) is 13.4. The summed E-state index contributed by atoms with van der Waals surface area (Å²) in [7, 11) is 0. The summed E-state index contributed by atoms with van der Waals surface area (Å²) in [6.07, 6.45) is 9.43. The van der Waals surface area contributed by atoms with Crippen molar-refractivity contribution in [3.05, 3.63) is 130 Å². The van der Waals surface area contributed by atoms with Crippen LogP contribution in [0.5, 0.6) is 0 Å². The number of carbonyl (C=O) groups excluding carboxylic acids is 1. The Morgan fingerprint density at radius 1 is 0.911 bits per heavy atom. The molecule has 0 saturated carbocycles. The van der Waals surface area contributed by atoms with Gasteiger partial charge in [0.25, 0.3) is 0 Å². The predicted molar refractivity (Wildman–Crippen MR) is 177 cm³/mol. The Morgan fingerprint density at radius 3 is 2.42 bits per heavy atom. The fourth-order valence-electron chi connectivity index (χ4n) is 6.65. The zero-order chi connectivity index (χ0) is 31.2. The molecule has 1 aliphatic carbocycles. The monoisotopic (exact) mass is 603 g/mol. The van der Waals surface area contributed by atoms with Crippen molar-refractivity contribution in [1.82, 2.24) is 25.1 Å². The van der Waals surface area contributed by atoms with E-state index in [9.17, 15) is 4.79 Å². The summed E-state index contributed by atoms with van der Waals surface area (Å²) in [4.78, 5) is 27.3. The summed E-state index contributed by atoms with van der Waals surface area (Å²) >= 11 is 0. The van der Waals surface area contributed by atoms with E-state index in [-0.39, 0.29) is 18.2 Å². The average Bonchev–Trinajstić information content (AvgIpc) is 3.04. The molecule has 1 N–H and O–H groups in total. The van der Waals surface area contributed by atoms with Crippen LogP contribution in [-0.2, 0) is 43.8 Å². The lowest BCUT2D eigenvalue weighted by molar-refractivity contribution is 0.00400. The molecule has 1 amide bonds. The third kappa shape index (κ3) is 7.96. The Hall–Kier alpha value is -4.07. The SMILES string of the molecule is CC(C)(C)OC(=O)N1Cc2ccccc2C[C@@H]1CN(Cc1ccc(CNCc2cccnc2)cc1)[C@H]1CCCc2cccnc21. The number of rotatable bonds is 9. The van der Waals surface area contributed by atoms with Gasteiger partial charge in [-0.1, -0.05) is 60.7 Å². The van der Waals surface area contributed by atoms with E-state index in [1.54, 1.807) is 6.20 Å². The number of nitrogens with one attached hydrogen (secondary N) is 1. The van der Waals surface area contributed by atoms with E-state index >= 15 is 0 Å². The van der Waals surface area contributed by atoms with Gasteiger partial charge in [-0.25, -0.2) is 4.79 Å². The van der Waals surface area contributed by atoms with Crippen molar-refractivity contribution >= 4 is 6.09 Å². The summed E-state index contributed by atoms with van der Waals surface area (Å²) in [5, 5.41) is 3.53. The quantitative estimate of drug-likeness (QED) is 0.222. The molecular formula is C38H45N5O2. The second kappa shape index (κ2) is 13.9. The van der Waals surface area contributed by atoms with E-state index in [1.165, 1.54) is 39.1 Å². The first-order valence-corrected chi connectivity index (χ1v) is 16.2. The van der Waals surface area contributed by atoms with Crippen LogP contribution < -0.4 is 5.32 Å². The molecular weight excluding hydrogens is 558 g/mol.